The van der Waals surface area contributed by atoms with Crippen LogP contribution in [0.1, 0.15) is 32.1 Å². The predicted octanol–water partition coefficient (Wildman–Crippen LogP) is 1.07. The third-order valence-electron chi connectivity index (χ3n) is 2.20. The molecule has 0 amide bonds. The van der Waals surface area contributed by atoms with E-state index in [1.807, 2.05) is 6.08 Å². The van der Waals surface area contributed by atoms with Gasteiger partial charge in [0.2, 0.25) is 0 Å². The Morgan fingerprint density at radius 1 is 1.17 bits per heavy atom. The van der Waals surface area contributed by atoms with Crippen molar-refractivity contribution in [3.05, 3.63) is 12.3 Å². The zero-order valence-corrected chi connectivity index (χ0v) is 7.15. The van der Waals surface area contributed by atoms with Crippen LogP contribution in [0.25, 0.3) is 0 Å². The van der Waals surface area contributed by atoms with E-state index in [9.17, 15) is 0 Å². The molecule has 1 aliphatic rings. The summed E-state index contributed by atoms with van der Waals surface area (Å²) >= 11 is 0. The molecule has 0 bridgehead atoms. The Morgan fingerprint density at radius 2 is 1.83 bits per heavy atom. The Balaban J connectivity index is 2.15. The Bertz CT molecular complexity index is 141. The molecule has 1 aliphatic carbocycles. The molecule has 68 valence electrons. The van der Waals surface area contributed by atoms with E-state index in [1.54, 1.807) is 0 Å². The van der Waals surface area contributed by atoms with Gasteiger partial charge < -0.3 is 14.7 Å². The van der Waals surface area contributed by atoms with Crippen molar-refractivity contribution in [1.29, 1.82) is 0 Å². The number of hydrogen-bond acceptors (Lipinski definition) is 3. The molecule has 0 spiro atoms. The van der Waals surface area contributed by atoms with E-state index in [1.165, 1.54) is 38.4 Å². The third-order valence-corrected chi connectivity index (χ3v) is 2.20. The van der Waals surface area contributed by atoms with Crippen molar-refractivity contribution in [3.63, 3.8) is 0 Å². The lowest BCUT2D eigenvalue weighted by Gasteiger charge is -2.17. The molecule has 3 nitrogen and oxygen atoms in total. The standard InChI is InChI=1S/C8H15BO3/c10-9(11)12-7-6-8-4-2-1-3-5-8/h6-8,10-11H,1-5H2/b7-6+. The Kier molecular flexibility index (Phi) is 4.18. The van der Waals surface area contributed by atoms with E-state index < -0.39 is 7.32 Å². The molecule has 4 heteroatoms. The van der Waals surface area contributed by atoms with Gasteiger partial charge in [-0.05, 0) is 24.8 Å². The van der Waals surface area contributed by atoms with E-state index in [0.29, 0.717) is 5.92 Å². The van der Waals surface area contributed by atoms with E-state index in [4.69, 9.17) is 10.0 Å². The van der Waals surface area contributed by atoms with Crippen LogP contribution < -0.4 is 0 Å². The van der Waals surface area contributed by atoms with Crippen molar-refractivity contribution in [2.45, 2.75) is 32.1 Å². The minimum absolute atomic E-state index is 0.567. The maximum Gasteiger partial charge on any atom is 0.707 e. The predicted molar refractivity (Wildman–Crippen MR) is 47.0 cm³/mol. The van der Waals surface area contributed by atoms with Crippen LogP contribution >= 0.6 is 0 Å². The molecule has 0 atom stereocenters. The summed E-state index contributed by atoms with van der Waals surface area (Å²) in [5, 5.41) is 16.7. The van der Waals surface area contributed by atoms with E-state index in [2.05, 4.69) is 4.65 Å². The summed E-state index contributed by atoms with van der Waals surface area (Å²) in [7, 11) is -1.68. The highest BCUT2D eigenvalue weighted by Crippen LogP contribution is 2.24. The van der Waals surface area contributed by atoms with Gasteiger partial charge in [0.25, 0.3) is 0 Å². The van der Waals surface area contributed by atoms with E-state index >= 15 is 0 Å². The van der Waals surface area contributed by atoms with Crippen LogP contribution in [0, 0.1) is 5.92 Å². The summed E-state index contributed by atoms with van der Waals surface area (Å²) in [5.41, 5.74) is 0. The molecule has 1 rings (SSSR count). The summed E-state index contributed by atoms with van der Waals surface area (Å²) in [6.07, 6.45) is 9.57. The van der Waals surface area contributed by atoms with Crippen LogP contribution in [-0.2, 0) is 4.65 Å². The normalized spacial score (nSPS) is 19.8. The summed E-state index contributed by atoms with van der Waals surface area (Å²) in [5.74, 6) is 0.567. The van der Waals surface area contributed by atoms with Crippen LogP contribution in [-0.4, -0.2) is 17.4 Å². The molecule has 0 saturated heterocycles. The van der Waals surface area contributed by atoms with Crippen molar-refractivity contribution < 1.29 is 14.7 Å². The Morgan fingerprint density at radius 3 is 2.42 bits per heavy atom. The van der Waals surface area contributed by atoms with E-state index in [0.717, 1.165) is 0 Å². The molecule has 0 aromatic heterocycles. The van der Waals surface area contributed by atoms with Gasteiger partial charge in [0.15, 0.2) is 0 Å². The minimum Gasteiger partial charge on any atom is -0.519 e. The van der Waals surface area contributed by atoms with Crippen LogP contribution in [0.2, 0.25) is 0 Å². The van der Waals surface area contributed by atoms with Crippen LogP contribution in [0.3, 0.4) is 0 Å². The summed E-state index contributed by atoms with van der Waals surface area (Å²) in [6.45, 7) is 0. The molecular formula is C8H15BO3. The van der Waals surface area contributed by atoms with Crippen molar-refractivity contribution in [2.24, 2.45) is 5.92 Å². The second-order valence-electron chi connectivity index (χ2n) is 3.19. The van der Waals surface area contributed by atoms with Crippen LogP contribution in [0.5, 0.6) is 0 Å². The zero-order valence-electron chi connectivity index (χ0n) is 7.15. The highest BCUT2D eigenvalue weighted by molar-refractivity contribution is 6.32. The molecule has 1 saturated carbocycles. The molecule has 0 aromatic rings. The average Bonchev–Trinajstić information content (AvgIpc) is 2.05. The fourth-order valence-electron chi connectivity index (χ4n) is 1.55. The summed E-state index contributed by atoms with van der Waals surface area (Å²) < 4.78 is 4.48. The van der Waals surface area contributed by atoms with Gasteiger partial charge in [-0.3, -0.25) is 0 Å². The molecule has 0 heterocycles. The van der Waals surface area contributed by atoms with Gasteiger partial charge in [-0.25, -0.2) is 0 Å². The molecular weight excluding hydrogens is 155 g/mol. The minimum atomic E-state index is -1.68. The highest BCUT2D eigenvalue weighted by Gasteiger charge is 2.11. The van der Waals surface area contributed by atoms with Gasteiger partial charge in [0, 0.05) is 0 Å². The van der Waals surface area contributed by atoms with Gasteiger partial charge in [0.1, 0.15) is 0 Å². The topological polar surface area (TPSA) is 49.7 Å². The number of allylic oxidation sites excluding steroid dienone is 1. The second-order valence-corrected chi connectivity index (χ2v) is 3.19. The largest absolute Gasteiger partial charge is 0.707 e. The fourth-order valence-corrected chi connectivity index (χ4v) is 1.55. The van der Waals surface area contributed by atoms with Gasteiger partial charge >= 0.3 is 7.32 Å². The smallest absolute Gasteiger partial charge is 0.519 e. The van der Waals surface area contributed by atoms with Gasteiger partial charge in [-0.2, -0.15) is 0 Å². The summed E-state index contributed by atoms with van der Waals surface area (Å²) in [4.78, 5) is 0. The quantitative estimate of drug-likeness (QED) is 0.491. The molecule has 1 fully saturated rings. The maximum absolute atomic E-state index is 8.36. The molecule has 12 heavy (non-hydrogen) atoms. The Labute approximate surface area is 73.2 Å². The van der Waals surface area contributed by atoms with Crippen LogP contribution in [0.15, 0.2) is 12.3 Å². The van der Waals surface area contributed by atoms with Crippen molar-refractivity contribution in [2.75, 3.05) is 0 Å². The second kappa shape index (κ2) is 5.22. The first-order valence-corrected chi connectivity index (χ1v) is 4.47. The lowest BCUT2D eigenvalue weighted by molar-refractivity contribution is 0.255. The highest BCUT2D eigenvalue weighted by atomic mass is 16.6. The first kappa shape index (κ1) is 9.61. The lowest BCUT2D eigenvalue weighted by Crippen LogP contribution is -2.13. The molecule has 0 aliphatic heterocycles. The average molecular weight is 170 g/mol. The zero-order chi connectivity index (χ0) is 8.81. The van der Waals surface area contributed by atoms with Gasteiger partial charge in [0.05, 0.1) is 6.26 Å². The lowest BCUT2D eigenvalue weighted by atomic mass is 9.89. The molecule has 0 radical (unpaired) electrons. The number of hydrogen-bond donors (Lipinski definition) is 2. The SMILES string of the molecule is OB(O)O/C=C/C1CCCCC1. The summed E-state index contributed by atoms with van der Waals surface area (Å²) in [6, 6.07) is 0. The molecule has 0 unspecified atom stereocenters. The monoisotopic (exact) mass is 170 g/mol. The van der Waals surface area contributed by atoms with Crippen LogP contribution in [0.4, 0.5) is 0 Å². The molecule has 2 N–H and O–H groups in total. The van der Waals surface area contributed by atoms with Gasteiger partial charge in [-0.15, -0.1) is 0 Å². The maximum atomic E-state index is 8.36. The third kappa shape index (κ3) is 3.78. The first-order chi connectivity index (χ1) is 5.79. The van der Waals surface area contributed by atoms with Gasteiger partial charge in [-0.1, -0.05) is 19.3 Å². The van der Waals surface area contributed by atoms with Crippen molar-refractivity contribution in [1.82, 2.24) is 0 Å². The number of rotatable bonds is 3. The molecule has 0 aromatic carbocycles. The van der Waals surface area contributed by atoms with Crippen molar-refractivity contribution in [3.8, 4) is 0 Å². The van der Waals surface area contributed by atoms with E-state index in [-0.39, 0.29) is 0 Å². The Hall–Kier alpha value is -0.475. The first-order valence-electron chi connectivity index (χ1n) is 4.47. The van der Waals surface area contributed by atoms with Crippen molar-refractivity contribution >= 4 is 7.32 Å². The fraction of sp³-hybridized carbons (Fsp3) is 0.750.